The Kier molecular flexibility index (Phi) is 6.04. The normalized spacial score (nSPS) is 19.2. The van der Waals surface area contributed by atoms with Gasteiger partial charge < -0.3 is 0 Å². The number of rotatable bonds is 6. The van der Waals surface area contributed by atoms with Crippen LogP contribution in [0.25, 0.3) is 0 Å². The highest BCUT2D eigenvalue weighted by Crippen LogP contribution is 2.28. The summed E-state index contributed by atoms with van der Waals surface area (Å²) in [6, 6.07) is 7.18. The Hall–Kier alpha value is -0.870. The number of hydrogen-bond acceptors (Lipinski definition) is 2. The van der Waals surface area contributed by atoms with Gasteiger partial charge in [0, 0.05) is 13.1 Å². The van der Waals surface area contributed by atoms with Gasteiger partial charge in [0.2, 0.25) is 10.0 Å². The molecule has 0 saturated carbocycles. The molecule has 1 fully saturated rings. The smallest absolute Gasteiger partial charge is 0.207 e. The molecule has 0 N–H and O–H groups in total. The monoisotopic (exact) mass is 323 g/mol. The van der Waals surface area contributed by atoms with Crippen LogP contribution in [-0.4, -0.2) is 25.8 Å². The lowest BCUT2D eigenvalue weighted by atomic mass is 9.89. The number of benzene rings is 1. The van der Waals surface area contributed by atoms with E-state index in [4.69, 9.17) is 0 Å². The maximum absolute atomic E-state index is 12.6. The molecule has 1 aromatic rings. The van der Waals surface area contributed by atoms with Gasteiger partial charge >= 0.3 is 0 Å². The predicted octanol–water partition coefficient (Wildman–Crippen LogP) is 4.22. The summed E-state index contributed by atoms with van der Waals surface area (Å²) in [7, 11) is -3.30. The van der Waals surface area contributed by atoms with Gasteiger partial charge in [-0.3, -0.25) is 0 Å². The van der Waals surface area contributed by atoms with Crippen LogP contribution in [0.5, 0.6) is 0 Å². The van der Waals surface area contributed by atoms with Crippen molar-refractivity contribution in [1.29, 1.82) is 0 Å². The highest BCUT2D eigenvalue weighted by atomic mass is 32.2. The first-order valence-electron chi connectivity index (χ1n) is 8.50. The summed E-state index contributed by atoms with van der Waals surface area (Å²) >= 11 is 0. The molecule has 2 rings (SSSR count). The first-order valence-corrected chi connectivity index (χ1v) is 9.94. The van der Waals surface area contributed by atoms with Crippen molar-refractivity contribution >= 4 is 10.0 Å². The molecule has 1 saturated heterocycles. The van der Waals surface area contributed by atoms with Gasteiger partial charge in [-0.05, 0) is 43.7 Å². The van der Waals surface area contributed by atoms with Crippen LogP contribution in [0.3, 0.4) is 0 Å². The van der Waals surface area contributed by atoms with Crippen molar-refractivity contribution < 1.29 is 8.42 Å². The Balaban J connectivity index is 1.92. The van der Waals surface area contributed by atoms with E-state index in [0.717, 1.165) is 24.3 Å². The van der Waals surface area contributed by atoms with E-state index in [9.17, 15) is 8.42 Å². The van der Waals surface area contributed by atoms with Crippen molar-refractivity contribution in [3.05, 3.63) is 29.8 Å². The topological polar surface area (TPSA) is 37.4 Å². The molecule has 22 heavy (non-hydrogen) atoms. The van der Waals surface area contributed by atoms with Crippen LogP contribution in [0.2, 0.25) is 0 Å². The van der Waals surface area contributed by atoms with Gasteiger partial charge in [-0.1, -0.05) is 50.8 Å². The van der Waals surface area contributed by atoms with Crippen molar-refractivity contribution in [3.8, 4) is 0 Å². The number of sulfonamides is 1. The molecule has 1 aromatic carbocycles. The summed E-state index contributed by atoms with van der Waals surface area (Å²) in [5, 5.41) is 0. The maximum Gasteiger partial charge on any atom is 0.243 e. The van der Waals surface area contributed by atoms with Gasteiger partial charge in [-0.15, -0.1) is 0 Å². The molecule has 0 aromatic heterocycles. The molecule has 1 unspecified atom stereocenters. The minimum atomic E-state index is -3.30. The molecule has 1 heterocycles. The number of nitrogens with zero attached hydrogens (tertiary/aromatic N) is 1. The van der Waals surface area contributed by atoms with E-state index < -0.39 is 10.0 Å². The third-order valence-electron chi connectivity index (χ3n) is 5.00. The summed E-state index contributed by atoms with van der Waals surface area (Å²) in [5.74, 6) is 1.48. The molecule has 0 bridgehead atoms. The summed E-state index contributed by atoms with van der Waals surface area (Å²) in [4.78, 5) is 0.427. The molecule has 0 aliphatic carbocycles. The second-order valence-electron chi connectivity index (χ2n) is 6.75. The third-order valence-corrected chi connectivity index (χ3v) is 6.91. The van der Waals surface area contributed by atoms with Gasteiger partial charge in [0.15, 0.2) is 0 Å². The molecule has 4 heteroatoms. The van der Waals surface area contributed by atoms with Gasteiger partial charge in [-0.2, -0.15) is 4.31 Å². The molecular formula is C18H29NO2S. The summed E-state index contributed by atoms with van der Waals surface area (Å²) in [5.41, 5.74) is 1.09. The van der Waals surface area contributed by atoms with E-state index in [1.807, 2.05) is 19.1 Å². The van der Waals surface area contributed by atoms with Crippen LogP contribution >= 0.6 is 0 Å². The minimum absolute atomic E-state index is 0.427. The van der Waals surface area contributed by atoms with Crippen molar-refractivity contribution in [2.24, 2.45) is 11.8 Å². The Labute approximate surface area is 135 Å². The van der Waals surface area contributed by atoms with Crippen LogP contribution in [0.4, 0.5) is 0 Å². The number of piperidine rings is 1. The second kappa shape index (κ2) is 7.60. The lowest BCUT2D eigenvalue weighted by Gasteiger charge is -2.31. The largest absolute Gasteiger partial charge is 0.243 e. The summed E-state index contributed by atoms with van der Waals surface area (Å²) in [6.07, 6.45) is 5.75. The molecule has 1 aliphatic heterocycles. The molecule has 0 radical (unpaired) electrons. The van der Waals surface area contributed by atoms with E-state index in [1.165, 1.54) is 19.3 Å². The van der Waals surface area contributed by atoms with Gasteiger partial charge in [-0.25, -0.2) is 8.42 Å². The first kappa shape index (κ1) is 17.5. The van der Waals surface area contributed by atoms with E-state index in [1.54, 1.807) is 16.4 Å². The third kappa shape index (κ3) is 4.32. The SMILES string of the molecule is CCC(C)CCC1CCN(S(=O)(=O)c2ccc(C)cc2)CC1. The maximum atomic E-state index is 12.6. The van der Waals surface area contributed by atoms with Gasteiger partial charge in [0.05, 0.1) is 4.90 Å². The standard InChI is InChI=1S/C18H29NO2S/c1-4-15(2)5-8-17-11-13-19(14-12-17)22(20,21)18-9-6-16(3)7-10-18/h6-7,9-10,15,17H,4-5,8,11-14H2,1-3H3. The van der Waals surface area contributed by atoms with Crippen LogP contribution in [0.15, 0.2) is 29.2 Å². The first-order chi connectivity index (χ1) is 10.4. The van der Waals surface area contributed by atoms with Crippen LogP contribution < -0.4 is 0 Å². The van der Waals surface area contributed by atoms with Crippen LogP contribution in [0, 0.1) is 18.8 Å². The number of hydrogen-bond donors (Lipinski definition) is 0. The van der Waals surface area contributed by atoms with E-state index in [-0.39, 0.29) is 0 Å². The fourth-order valence-electron chi connectivity index (χ4n) is 3.02. The van der Waals surface area contributed by atoms with Crippen molar-refractivity contribution in [2.75, 3.05) is 13.1 Å². The predicted molar refractivity (Wildman–Crippen MR) is 91.4 cm³/mol. The average Bonchev–Trinajstić information content (AvgIpc) is 2.53. The second-order valence-corrected chi connectivity index (χ2v) is 8.69. The minimum Gasteiger partial charge on any atom is -0.207 e. The Morgan fingerprint density at radius 3 is 2.32 bits per heavy atom. The molecule has 3 nitrogen and oxygen atoms in total. The summed E-state index contributed by atoms with van der Waals surface area (Å²) < 4.78 is 27.0. The molecule has 0 spiro atoms. The lowest BCUT2D eigenvalue weighted by Crippen LogP contribution is -2.38. The van der Waals surface area contributed by atoms with Gasteiger partial charge in [0.25, 0.3) is 0 Å². The fourth-order valence-corrected chi connectivity index (χ4v) is 4.49. The molecule has 1 aliphatic rings. The van der Waals surface area contributed by atoms with Crippen molar-refractivity contribution in [2.45, 2.75) is 57.8 Å². The highest BCUT2D eigenvalue weighted by molar-refractivity contribution is 7.89. The van der Waals surface area contributed by atoms with Crippen molar-refractivity contribution in [1.82, 2.24) is 4.31 Å². The van der Waals surface area contributed by atoms with Crippen molar-refractivity contribution in [3.63, 3.8) is 0 Å². The average molecular weight is 324 g/mol. The van der Waals surface area contributed by atoms with E-state index >= 15 is 0 Å². The van der Waals surface area contributed by atoms with Crippen LogP contribution in [0.1, 0.15) is 51.5 Å². The Morgan fingerprint density at radius 2 is 1.77 bits per heavy atom. The quantitative estimate of drug-likeness (QED) is 0.786. The Bertz CT molecular complexity index is 557. The zero-order valence-corrected chi connectivity index (χ0v) is 14.9. The van der Waals surface area contributed by atoms with Gasteiger partial charge in [0.1, 0.15) is 0 Å². The lowest BCUT2D eigenvalue weighted by molar-refractivity contribution is 0.251. The van der Waals surface area contributed by atoms with Crippen LogP contribution in [-0.2, 0) is 10.0 Å². The van der Waals surface area contributed by atoms with E-state index in [2.05, 4.69) is 13.8 Å². The zero-order chi connectivity index (χ0) is 16.2. The van der Waals surface area contributed by atoms with E-state index in [0.29, 0.717) is 23.9 Å². The molecule has 0 amide bonds. The highest BCUT2D eigenvalue weighted by Gasteiger charge is 2.29. The fraction of sp³-hybridized carbons (Fsp3) is 0.667. The summed E-state index contributed by atoms with van der Waals surface area (Å²) in [6.45, 7) is 7.85. The zero-order valence-electron chi connectivity index (χ0n) is 14.1. The Morgan fingerprint density at radius 1 is 1.18 bits per heavy atom. The molecular weight excluding hydrogens is 294 g/mol. The molecule has 1 atom stereocenters. The molecule has 124 valence electrons. The number of aryl methyl sites for hydroxylation is 1.